The number of carbonyl (C=O) groups excluding carboxylic acids is 3. The van der Waals surface area contributed by atoms with E-state index in [1.807, 2.05) is 0 Å². The normalized spacial score (nSPS) is 15.0. The average molecular weight is 323 g/mol. The zero-order valence-electron chi connectivity index (χ0n) is 13.3. The van der Waals surface area contributed by atoms with E-state index in [1.165, 1.54) is 6.42 Å². The molecule has 0 saturated heterocycles. The van der Waals surface area contributed by atoms with Gasteiger partial charge in [0.05, 0.1) is 5.69 Å². The SMILES string of the molecule is Cc1noc(C)c1C(=O)OCC(=O)NC(=O)NC1CCCCC1. The van der Waals surface area contributed by atoms with Crippen LogP contribution < -0.4 is 10.6 Å². The lowest BCUT2D eigenvalue weighted by molar-refractivity contribution is -0.123. The molecule has 0 aliphatic heterocycles. The van der Waals surface area contributed by atoms with Crippen LogP contribution in [0.4, 0.5) is 4.79 Å². The highest BCUT2D eigenvalue weighted by molar-refractivity contribution is 5.97. The maximum absolute atomic E-state index is 11.9. The predicted octanol–water partition coefficient (Wildman–Crippen LogP) is 1.61. The Hall–Kier alpha value is -2.38. The van der Waals surface area contributed by atoms with E-state index < -0.39 is 24.5 Å². The summed E-state index contributed by atoms with van der Waals surface area (Å²) in [6.07, 6.45) is 5.17. The Kier molecular flexibility index (Phi) is 5.72. The number of aryl methyl sites for hydroxylation is 2. The molecule has 0 bridgehead atoms. The summed E-state index contributed by atoms with van der Waals surface area (Å²) in [4.78, 5) is 35.2. The molecule has 0 radical (unpaired) electrons. The van der Waals surface area contributed by atoms with Gasteiger partial charge < -0.3 is 14.6 Å². The van der Waals surface area contributed by atoms with Gasteiger partial charge >= 0.3 is 12.0 Å². The molecule has 1 aliphatic rings. The minimum atomic E-state index is -0.705. The minimum absolute atomic E-state index is 0.0985. The number of imide groups is 1. The summed E-state index contributed by atoms with van der Waals surface area (Å²) in [5.74, 6) is -1.06. The van der Waals surface area contributed by atoms with E-state index in [1.54, 1.807) is 13.8 Å². The Morgan fingerprint density at radius 1 is 1.22 bits per heavy atom. The van der Waals surface area contributed by atoms with Crippen molar-refractivity contribution in [3.63, 3.8) is 0 Å². The average Bonchev–Trinajstić information content (AvgIpc) is 2.85. The van der Waals surface area contributed by atoms with Crippen molar-refractivity contribution in [3.8, 4) is 0 Å². The Bertz CT molecular complexity index is 570. The van der Waals surface area contributed by atoms with E-state index in [-0.39, 0.29) is 11.6 Å². The zero-order chi connectivity index (χ0) is 16.8. The number of hydrogen-bond acceptors (Lipinski definition) is 6. The van der Waals surface area contributed by atoms with Crippen molar-refractivity contribution in [1.82, 2.24) is 15.8 Å². The standard InChI is InChI=1S/C15H21N3O5/c1-9-13(10(2)23-18-9)14(20)22-8-12(19)17-15(21)16-11-6-4-3-5-7-11/h11H,3-8H2,1-2H3,(H2,16,17,19,21). The second-order valence-corrected chi connectivity index (χ2v) is 5.63. The van der Waals surface area contributed by atoms with Crippen LogP contribution in [-0.4, -0.2) is 35.7 Å². The fourth-order valence-corrected chi connectivity index (χ4v) is 2.61. The number of urea groups is 1. The third kappa shape index (κ3) is 4.80. The molecule has 1 aromatic rings. The van der Waals surface area contributed by atoms with Crippen molar-refractivity contribution < 1.29 is 23.6 Å². The number of hydrogen-bond donors (Lipinski definition) is 2. The first-order valence-electron chi connectivity index (χ1n) is 7.67. The molecule has 8 heteroatoms. The number of nitrogens with one attached hydrogen (secondary N) is 2. The molecular formula is C15H21N3O5. The monoisotopic (exact) mass is 323 g/mol. The van der Waals surface area contributed by atoms with Crippen LogP contribution in [0.25, 0.3) is 0 Å². The summed E-state index contributed by atoms with van der Waals surface area (Å²) in [5, 5.41) is 8.54. The van der Waals surface area contributed by atoms with Crippen LogP contribution in [0.3, 0.4) is 0 Å². The zero-order valence-corrected chi connectivity index (χ0v) is 13.3. The smallest absolute Gasteiger partial charge is 0.344 e. The first kappa shape index (κ1) is 17.0. The highest BCUT2D eigenvalue weighted by Crippen LogP contribution is 2.17. The van der Waals surface area contributed by atoms with Crippen LogP contribution in [0.5, 0.6) is 0 Å². The van der Waals surface area contributed by atoms with Crippen molar-refractivity contribution in [2.75, 3.05) is 6.61 Å². The highest BCUT2D eigenvalue weighted by Gasteiger charge is 2.21. The summed E-state index contributed by atoms with van der Waals surface area (Å²) in [5.41, 5.74) is 0.590. The molecule has 2 rings (SSSR count). The Morgan fingerprint density at radius 3 is 2.52 bits per heavy atom. The molecule has 126 valence electrons. The second kappa shape index (κ2) is 7.75. The van der Waals surface area contributed by atoms with Crippen molar-refractivity contribution in [1.29, 1.82) is 0 Å². The van der Waals surface area contributed by atoms with Gasteiger partial charge in [0, 0.05) is 6.04 Å². The third-order valence-electron chi connectivity index (χ3n) is 3.77. The second-order valence-electron chi connectivity index (χ2n) is 5.63. The molecule has 1 heterocycles. The lowest BCUT2D eigenvalue weighted by Crippen LogP contribution is -2.46. The summed E-state index contributed by atoms with van der Waals surface area (Å²) in [6, 6.07) is -0.461. The maximum Gasteiger partial charge on any atom is 0.344 e. The first-order valence-corrected chi connectivity index (χ1v) is 7.67. The van der Waals surface area contributed by atoms with Crippen LogP contribution in [0.15, 0.2) is 4.52 Å². The van der Waals surface area contributed by atoms with Crippen LogP contribution in [-0.2, 0) is 9.53 Å². The van der Waals surface area contributed by atoms with Crippen molar-refractivity contribution >= 4 is 17.9 Å². The van der Waals surface area contributed by atoms with Gasteiger partial charge in [0.15, 0.2) is 6.61 Å². The van der Waals surface area contributed by atoms with Crippen LogP contribution in [0, 0.1) is 13.8 Å². The number of amides is 3. The lowest BCUT2D eigenvalue weighted by atomic mass is 9.96. The van der Waals surface area contributed by atoms with Gasteiger partial charge in [-0.15, -0.1) is 0 Å². The van der Waals surface area contributed by atoms with Crippen LogP contribution >= 0.6 is 0 Å². The summed E-state index contributed by atoms with van der Waals surface area (Å²) < 4.78 is 9.73. The van der Waals surface area contributed by atoms with Gasteiger partial charge in [-0.25, -0.2) is 9.59 Å². The van der Waals surface area contributed by atoms with Gasteiger partial charge in [-0.05, 0) is 26.7 Å². The molecule has 1 fully saturated rings. The fraction of sp³-hybridized carbons (Fsp3) is 0.600. The molecule has 1 aliphatic carbocycles. The van der Waals surface area contributed by atoms with Gasteiger partial charge in [0.2, 0.25) is 0 Å². The summed E-state index contributed by atoms with van der Waals surface area (Å²) >= 11 is 0. The Balaban J connectivity index is 1.74. The van der Waals surface area contributed by atoms with Gasteiger partial charge in [0.25, 0.3) is 5.91 Å². The number of esters is 1. The summed E-state index contributed by atoms with van der Waals surface area (Å²) in [7, 11) is 0. The molecule has 3 amide bonds. The van der Waals surface area contributed by atoms with E-state index >= 15 is 0 Å². The van der Waals surface area contributed by atoms with E-state index in [0.29, 0.717) is 11.5 Å². The van der Waals surface area contributed by atoms with Crippen molar-refractivity contribution in [2.45, 2.75) is 52.0 Å². The molecule has 23 heavy (non-hydrogen) atoms. The molecule has 1 aromatic heterocycles. The van der Waals surface area contributed by atoms with E-state index in [4.69, 9.17) is 9.26 Å². The quantitative estimate of drug-likeness (QED) is 0.814. The fourth-order valence-electron chi connectivity index (χ4n) is 2.61. The predicted molar refractivity (Wildman–Crippen MR) is 79.8 cm³/mol. The molecule has 2 N–H and O–H groups in total. The van der Waals surface area contributed by atoms with Crippen molar-refractivity contribution in [3.05, 3.63) is 17.0 Å². The van der Waals surface area contributed by atoms with Gasteiger partial charge in [0.1, 0.15) is 11.3 Å². The number of carbonyl (C=O) groups is 3. The number of nitrogens with zero attached hydrogens (tertiary/aromatic N) is 1. The Labute approximate surface area is 133 Å². The maximum atomic E-state index is 11.9. The van der Waals surface area contributed by atoms with E-state index in [2.05, 4.69) is 15.8 Å². The first-order chi connectivity index (χ1) is 11.0. The molecule has 8 nitrogen and oxygen atoms in total. The van der Waals surface area contributed by atoms with E-state index in [9.17, 15) is 14.4 Å². The van der Waals surface area contributed by atoms with Crippen LogP contribution in [0.1, 0.15) is 53.9 Å². The van der Waals surface area contributed by atoms with Gasteiger partial charge in [-0.3, -0.25) is 10.1 Å². The lowest BCUT2D eigenvalue weighted by Gasteiger charge is -2.22. The highest BCUT2D eigenvalue weighted by atomic mass is 16.5. The molecule has 0 spiro atoms. The minimum Gasteiger partial charge on any atom is -0.452 e. The third-order valence-corrected chi connectivity index (χ3v) is 3.77. The largest absolute Gasteiger partial charge is 0.452 e. The number of aromatic nitrogens is 1. The molecule has 0 aromatic carbocycles. The molecule has 0 unspecified atom stereocenters. The molecule has 0 atom stereocenters. The number of ether oxygens (including phenoxy) is 1. The van der Waals surface area contributed by atoms with Gasteiger partial charge in [-0.2, -0.15) is 0 Å². The van der Waals surface area contributed by atoms with Crippen molar-refractivity contribution in [2.24, 2.45) is 0 Å². The van der Waals surface area contributed by atoms with Crippen LogP contribution in [0.2, 0.25) is 0 Å². The molecular weight excluding hydrogens is 302 g/mol. The number of rotatable bonds is 4. The van der Waals surface area contributed by atoms with Gasteiger partial charge in [-0.1, -0.05) is 24.4 Å². The Morgan fingerprint density at radius 2 is 1.91 bits per heavy atom. The summed E-state index contributed by atoms with van der Waals surface area (Å²) in [6.45, 7) is 2.64. The van der Waals surface area contributed by atoms with E-state index in [0.717, 1.165) is 25.7 Å². The molecule has 1 saturated carbocycles. The topological polar surface area (TPSA) is 111 Å².